The molecule has 0 aromatic rings. The standard InChI is InChI=1S/C44H76NO10P/c1-3-5-7-9-11-13-15-17-18-19-20-21-22-24-26-28-30-32-34-36-43(47)55-40(38-53-56(50,51)54-39-41(45)44(48)49)37-52-42(46)35-33-31-29-27-25-23-16-14-12-10-8-6-4-2/h5,7,11,13-14,16-18,20-21,40-41H,3-4,6,8-10,12,15,19,22-39,45H2,1-2H3,(H,48,49)(H,50,51)/b7-5-,13-11-,16-14-,18-17-,21-20-. The summed E-state index contributed by atoms with van der Waals surface area (Å²) in [5.41, 5.74) is 5.33. The minimum atomic E-state index is -4.72. The number of carboxylic acids is 1. The zero-order chi connectivity index (χ0) is 41.4. The van der Waals surface area contributed by atoms with E-state index >= 15 is 0 Å². The first-order valence-electron chi connectivity index (χ1n) is 21.3. The zero-order valence-electron chi connectivity index (χ0n) is 34.7. The SMILES string of the molecule is CC/C=C\C/C=C\C/C=C\C/C=C\CCCCCCCCC(=O)OC(COC(=O)CCCCCCC/C=C\CCCCCC)COP(=O)(O)OCC(N)C(=O)O. The van der Waals surface area contributed by atoms with Gasteiger partial charge in [-0.1, -0.05) is 139 Å². The van der Waals surface area contributed by atoms with Crippen LogP contribution in [0.5, 0.6) is 0 Å². The fraction of sp³-hybridized carbons (Fsp3) is 0.705. The molecule has 3 unspecified atom stereocenters. The lowest BCUT2D eigenvalue weighted by Crippen LogP contribution is -2.34. The topological polar surface area (TPSA) is 172 Å². The van der Waals surface area contributed by atoms with Gasteiger partial charge >= 0.3 is 25.7 Å². The van der Waals surface area contributed by atoms with Gasteiger partial charge in [0.15, 0.2) is 6.10 Å². The van der Waals surface area contributed by atoms with E-state index in [2.05, 4.69) is 79.1 Å². The Hall–Kier alpha value is -2.82. The van der Waals surface area contributed by atoms with Gasteiger partial charge in [-0.15, -0.1) is 0 Å². The number of carboxylic acid groups (broad SMARTS) is 1. The van der Waals surface area contributed by atoms with Gasteiger partial charge in [0.05, 0.1) is 13.2 Å². The van der Waals surface area contributed by atoms with Gasteiger partial charge in [-0.05, 0) is 77.0 Å². The number of nitrogens with two attached hydrogens (primary N) is 1. The number of esters is 2. The highest BCUT2D eigenvalue weighted by atomic mass is 31.2. The molecule has 0 heterocycles. The highest BCUT2D eigenvalue weighted by molar-refractivity contribution is 7.47. The van der Waals surface area contributed by atoms with Gasteiger partial charge < -0.3 is 25.2 Å². The number of unbranched alkanes of at least 4 members (excludes halogenated alkanes) is 15. The van der Waals surface area contributed by atoms with Crippen LogP contribution in [0.4, 0.5) is 0 Å². The second-order valence-electron chi connectivity index (χ2n) is 14.1. The molecule has 56 heavy (non-hydrogen) atoms. The Balaban J connectivity index is 4.41. The molecule has 4 N–H and O–H groups in total. The molecule has 0 aliphatic heterocycles. The van der Waals surface area contributed by atoms with Crippen molar-refractivity contribution in [3.8, 4) is 0 Å². The number of carbonyl (C=O) groups is 3. The van der Waals surface area contributed by atoms with Crippen molar-refractivity contribution < 1.29 is 47.5 Å². The second kappa shape index (κ2) is 39.0. The number of aliphatic carboxylic acids is 1. The third kappa shape index (κ3) is 38.1. The number of carbonyl (C=O) groups excluding carboxylic acids is 2. The van der Waals surface area contributed by atoms with Crippen LogP contribution >= 0.6 is 7.82 Å². The van der Waals surface area contributed by atoms with Crippen molar-refractivity contribution in [2.45, 2.75) is 180 Å². The lowest BCUT2D eigenvalue weighted by molar-refractivity contribution is -0.161. The van der Waals surface area contributed by atoms with Gasteiger partial charge in [0.25, 0.3) is 0 Å². The van der Waals surface area contributed by atoms with Crippen molar-refractivity contribution in [2.24, 2.45) is 5.73 Å². The van der Waals surface area contributed by atoms with E-state index in [1.54, 1.807) is 0 Å². The van der Waals surface area contributed by atoms with Crippen LogP contribution < -0.4 is 5.73 Å². The maximum atomic E-state index is 12.6. The molecular weight excluding hydrogens is 733 g/mol. The summed E-state index contributed by atoms with van der Waals surface area (Å²) < 4.78 is 32.6. The fourth-order valence-corrected chi connectivity index (χ4v) is 6.18. The molecule has 12 heteroatoms. The third-order valence-electron chi connectivity index (χ3n) is 8.75. The average Bonchev–Trinajstić information content (AvgIpc) is 3.17. The monoisotopic (exact) mass is 810 g/mol. The van der Waals surface area contributed by atoms with Gasteiger partial charge in [0, 0.05) is 12.8 Å². The fourth-order valence-electron chi connectivity index (χ4n) is 5.40. The van der Waals surface area contributed by atoms with E-state index in [4.69, 9.17) is 24.8 Å². The van der Waals surface area contributed by atoms with E-state index < -0.39 is 51.1 Å². The lowest BCUT2D eigenvalue weighted by atomic mass is 10.1. The predicted octanol–water partition coefficient (Wildman–Crippen LogP) is 11.2. The number of phosphoric ester groups is 1. The summed E-state index contributed by atoms with van der Waals surface area (Å²) in [5.74, 6) is -2.41. The van der Waals surface area contributed by atoms with Gasteiger partial charge in [-0.3, -0.25) is 23.4 Å². The van der Waals surface area contributed by atoms with Crippen molar-refractivity contribution in [3.05, 3.63) is 60.8 Å². The summed E-state index contributed by atoms with van der Waals surface area (Å²) in [4.78, 5) is 45.9. The largest absolute Gasteiger partial charge is 0.480 e. The molecule has 0 rings (SSSR count). The number of allylic oxidation sites excluding steroid dienone is 10. The molecule has 0 radical (unpaired) electrons. The van der Waals surface area contributed by atoms with Crippen molar-refractivity contribution in [3.63, 3.8) is 0 Å². The molecule has 3 atom stereocenters. The molecule has 0 fully saturated rings. The number of hydrogen-bond acceptors (Lipinski definition) is 9. The molecule has 0 saturated carbocycles. The minimum Gasteiger partial charge on any atom is -0.480 e. The van der Waals surface area contributed by atoms with Crippen molar-refractivity contribution in [1.29, 1.82) is 0 Å². The summed E-state index contributed by atoms with van der Waals surface area (Å²) in [6.07, 6.45) is 44.2. The molecule has 0 spiro atoms. The molecule has 0 saturated heterocycles. The van der Waals surface area contributed by atoms with E-state index in [9.17, 15) is 23.8 Å². The van der Waals surface area contributed by atoms with Crippen LogP contribution in [0.1, 0.15) is 168 Å². The Bertz CT molecular complexity index is 1180. The summed E-state index contributed by atoms with van der Waals surface area (Å²) in [6, 6.07) is -1.53. The van der Waals surface area contributed by atoms with E-state index in [0.717, 1.165) is 103 Å². The Morgan fingerprint density at radius 2 is 1.00 bits per heavy atom. The number of hydrogen-bond donors (Lipinski definition) is 3. The number of phosphoric acid groups is 1. The summed E-state index contributed by atoms with van der Waals surface area (Å²) >= 11 is 0. The van der Waals surface area contributed by atoms with Crippen LogP contribution in [-0.4, -0.2) is 59.9 Å². The number of rotatable bonds is 39. The minimum absolute atomic E-state index is 0.141. The first-order valence-corrected chi connectivity index (χ1v) is 22.8. The molecular formula is C44H76NO10P. The Morgan fingerprint density at radius 3 is 1.52 bits per heavy atom. The van der Waals surface area contributed by atoms with E-state index in [-0.39, 0.29) is 19.4 Å². The Morgan fingerprint density at radius 1 is 0.571 bits per heavy atom. The third-order valence-corrected chi connectivity index (χ3v) is 9.70. The molecule has 0 aliphatic carbocycles. The average molecular weight is 810 g/mol. The first kappa shape index (κ1) is 53.2. The molecule has 0 amide bonds. The molecule has 11 nitrogen and oxygen atoms in total. The quantitative estimate of drug-likeness (QED) is 0.0233. The van der Waals surface area contributed by atoms with Gasteiger partial charge in [-0.25, -0.2) is 4.57 Å². The summed E-state index contributed by atoms with van der Waals surface area (Å²) in [6.45, 7) is 2.64. The second-order valence-corrected chi connectivity index (χ2v) is 15.5. The lowest BCUT2D eigenvalue weighted by Gasteiger charge is -2.20. The first-order chi connectivity index (χ1) is 27.1. The highest BCUT2D eigenvalue weighted by Gasteiger charge is 2.28. The van der Waals surface area contributed by atoms with E-state index in [0.29, 0.717) is 12.8 Å². The Labute approximate surface area is 338 Å². The van der Waals surface area contributed by atoms with E-state index in [1.165, 1.54) is 25.7 Å². The van der Waals surface area contributed by atoms with Crippen LogP contribution in [0, 0.1) is 0 Å². The van der Waals surface area contributed by atoms with Gasteiger partial charge in [0.2, 0.25) is 0 Å². The normalized spacial score (nSPS) is 14.4. The van der Waals surface area contributed by atoms with Crippen molar-refractivity contribution in [1.82, 2.24) is 0 Å². The van der Waals surface area contributed by atoms with Crippen LogP contribution in [0.2, 0.25) is 0 Å². The summed E-state index contributed by atoms with van der Waals surface area (Å²) in [5, 5.41) is 8.88. The molecule has 0 aliphatic rings. The Kier molecular flexibility index (Phi) is 37.1. The highest BCUT2D eigenvalue weighted by Crippen LogP contribution is 2.43. The maximum absolute atomic E-state index is 12.6. The maximum Gasteiger partial charge on any atom is 0.472 e. The molecule has 0 aromatic carbocycles. The summed E-state index contributed by atoms with van der Waals surface area (Å²) in [7, 11) is -4.72. The van der Waals surface area contributed by atoms with Gasteiger partial charge in [-0.2, -0.15) is 0 Å². The van der Waals surface area contributed by atoms with Gasteiger partial charge in [0.1, 0.15) is 12.6 Å². The molecule has 322 valence electrons. The van der Waals surface area contributed by atoms with Crippen molar-refractivity contribution >= 4 is 25.7 Å². The van der Waals surface area contributed by atoms with Crippen molar-refractivity contribution in [2.75, 3.05) is 19.8 Å². The van der Waals surface area contributed by atoms with Crippen LogP contribution in [0.3, 0.4) is 0 Å². The zero-order valence-corrected chi connectivity index (χ0v) is 35.6. The van der Waals surface area contributed by atoms with Crippen LogP contribution in [0.25, 0.3) is 0 Å². The number of ether oxygens (including phenoxy) is 2. The molecule has 0 aromatic heterocycles. The van der Waals surface area contributed by atoms with Crippen LogP contribution in [-0.2, 0) is 37.5 Å². The van der Waals surface area contributed by atoms with E-state index in [1.807, 2.05) is 0 Å². The predicted molar refractivity (Wildman–Crippen MR) is 226 cm³/mol. The smallest absolute Gasteiger partial charge is 0.472 e. The van der Waals surface area contributed by atoms with Crippen LogP contribution in [0.15, 0.2) is 60.8 Å². The molecule has 0 bridgehead atoms.